The van der Waals surface area contributed by atoms with Crippen LogP contribution in [0.25, 0.3) is 0 Å². The van der Waals surface area contributed by atoms with Gasteiger partial charge in [-0.15, -0.1) is 0 Å². The van der Waals surface area contributed by atoms with E-state index in [1.165, 1.54) is 7.11 Å². The minimum absolute atomic E-state index is 0.0880. The summed E-state index contributed by atoms with van der Waals surface area (Å²) in [4.78, 5) is 23.3. The Morgan fingerprint density at radius 2 is 2.24 bits per heavy atom. The van der Waals surface area contributed by atoms with E-state index >= 15 is 0 Å². The van der Waals surface area contributed by atoms with Crippen LogP contribution < -0.4 is 0 Å². The Balaban J connectivity index is 2.12. The highest BCUT2D eigenvalue weighted by Crippen LogP contribution is 2.43. The number of methoxy groups -OCH3 is 1. The molecule has 4 nitrogen and oxygen atoms in total. The van der Waals surface area contributed by atoms with Crippen molar-refractivity contribution in [1.29, 1.82) is 0 Å². The fourth-order valence-electron chi connectivity index (χ4n) is 2.66. The molecule has 0 spiro atoms. The maximum atomic E-state index is 12.1. The normalized spacial score (nSPS) is 39.5. The van der Waals surface area contributed by atoms with Crippen molar-refractivity contribution in [2.75, 3.05) is 7.11 Å². The Morgan fingerprint density at radius 1 is 1.53 bits per heavy atom. The Kier molecular flexibility index (Phi) is 3.08. The monoisotopic (exact) mass is 238 g/mol. The van der Waals surface area contributed by atoms with Crippen molar-refractivity contribution in [3.05, 3.63) is 12.2 Å². The second-order valence-corrected chi connectivity index (χ2v) is 4.89. The highest BCUT2D eigenvalue weighted by atomic mass is 16.5. The Bertz CT molecular complexity index is 374. The lowest BCUT2D eigenvalue weighted by atomic mass is 9.77. The lowest BCUT2D eigenvalue weighted by molar-refractivity contribution is -0.162. The van der Waals surface area contributed by atoms with Crippen molar-refractivity contribution in [2.24, 2.45) is 11.8 Å². The molecule has 0 radical (unpaired) electrons. The van der Waals surface area contributed by atoms with Crippen LogP contribution in [0.1, 0.15) is 26.7 Å². The van der Waals surface area contributed by atoms with Gasteiger partial charge in [0.1, 0.15) is 5.78 Å². The summed E-state index contributed by atoms with van der Waals surface area (Å²) >= 11 is 0. The molecule has 2 aliphatic heterocycles. The molecule has 1 saturated heterocycles. The van der Waals surface area contributed by atoms with Gasteiger partial charge in [0.2, 0.25) is 0 Å². The predicted molar refractivity (Wildman–Crippen MR) is 61.3 cm³/mol. The quantitative estimate of drug-likeness (QED) is 0.552. The van der Waals surface area contributed by atoms with Gasteiger partial charge in [-0.2, -0.15) is 0 Å². The van der Waals surface area contributed by atoms with Crippen LogP contribution in [0, 0.1) is 11.8 Å². The SMILES string of the molecule is COC(=O)CC[C@@]12C=C[C@@H](O1)[C@H](C)C(=O)[C@@H]2C. The number of esters is 1. The standard InChI is InChI=1S/C13H18O4/c1-8-10-4-6-13(17-10,9(2)12(8)15)7-5-11(14)16-3/h4,6,8-10H,5,7H2,1-3H3/t8-,9-,10+,13+/m0/s1. The number of Topliss-reactive ketones (excluding diaryl/α,β-unsaturated/α-hetero) is 1. The Morgan fingerprint density at radius 3 is 2.88 bits per heavy atom. The van der Waals surface area contributed by atoms with E-state index in [0.717, 1.165) is 0 Å². The minimum atomic E-state index is -0.595. The lowest BCUT2D eigenvalue weighted by Crippen LogP contribution is -2.50. The molecule has 1 fully saturated rings. The second kappa shape index (κ2) is 4.26. The average molecular weight is 238 g/mol. The van der Waals surface area contributed by atoms with Gasteiger partial charge < -0.3 is 9.47 Å². The van der Waals surface area contributed by atoms with Crippen LogP contribution in [0.3, 0.4) is 0 Å². The zero-order valence-corrected chi connectivity index (χ0v) is 10.4. The van der Waals surface area contributed by atoms with Crippen LogP contribution in [-0.4, -0.2) is 30.6 Å². The van der Waals surface area contributed by atoms with Crippen molar-refractivity contribution in [3.8, 4) is 0 Å². The number of ketones is 1. The first-order chi connectivity index (χ1) is 8.00. The molecule has 2 heterocycles. The highest BCUT2D eigenvalue weighted by Gasteiger charge is 2.51. The zero-order chi connectivity index (χ0) is 12.6. The zero-order valence-electron chi connectivity index (χ0n) is 10.4. The van der Waals surface area contributed by atoms with Crippen LogP contribution in [0.4, 0.5) is 0 Å². The summed E-state index contributed by atoms with van der Waals surface area (Å²) in [7, 11) is 1.37. The molecule has 2 aliphatic rings. The topological polar surface area (TPSA) is 52.6 Å². The lowest BCUT2D eigenvalue weighted by Gasteiger charge is -2.40. The summed E-state index contributed by atoms with van der Waals surface area (Å²) < 4.78 is 10.6. The third kappa shape index (κ3) is 1.90. The fraction of sp³-hybridized carbons (Fsp3) is 0.692. The van der Waals surface area contributed by atoms with Crippen molar-refractivity contribution >= 4 is 11.8 Å². The van der Waals surface area contributed by atoms with Crippen molar-refractivity contribution in [2.45, 2.75) is 38.4 Å². The number of fused-ring (bicyclic) bond motifs is 2. The highest BCUT2D eigenvalue weighted by molar-refractivity contribution is 5.86. The van der Waals surface area contributed by atoms with E-state index in [9.17, 15) is 9.59 Å². The van der Waals surface area contributed by atoms with Gasteiger partial charge in [-0.05, 0) is 6.42 Å². The molecule has 17 heavy (non-hydrogen) atoms. The molecule has 94 valence electrons. The van der Waals surface area contributed by atoms with E-state index in [1.807, 2.05) is 26.0 Å². The minimum Gasteiger partial charge on any atom is -0.469 e. The van der Waals surface area contributed by atoms with Gasteiger partial charge in [0.25, 0.3) is 0 Å². The molecule has 0 aliphatic carbocycles. The molecule has 0 aromatic rings. The molecule has 4 heteroatoms. The van der Waals surface area contributed by atoms with Gasteiger partial charge in [0, 0.05) is 18.3 Å². The molecule has 0 aromatic heterocycles. The fourth-order valence-corrected chi connectivity index (χ4v) is 2.66. The van der Waals surface area contributed by atoms with Crippen LogP contribution in [0.2, 0.25) is 0 Å². The number of hydrogen-bond donors (Lipinski definition) is 0. The first-order valence-corrected chi connectivity index (χ1v) is 5.98. The smallest absolute Gasteiger partial charge is 0.305 e. The van der Waals surface area contributed by atoms with E-state index in [4.69, 9.17) is 4.74 Å². The number of rotatable bonds is 3. The van der Waals surface area contributed by atoms with E-state index < -0.39 is 5.60 Å². The van der Waals surface area contributed by atoms with Gasteiger partial charge >= 0.3 is 5.97 Å². The number of hydrogen-bond acceptors (Lipinski definition) is 4. The van der Waals surface area contributed by atoms with Crippen LogP contribution in [0.5, 0.6) is 0 Å². The maximum Gasteiger partial charge on any atom is 0.305 e. The van der Waals surface area contributed by atoms with Crippen LogP contribution in [0.15, 0.2) is 12.2 Å². The number of carbonyl (C=O) groups is 2. The predicted octanol–water partition coefficient (Wildman–Crippen LogP) is 1.49. The molecular formula is C13H18O4. The summed E-state index contributed by atoms with van der Waals surface area (Å²) in [6, 6.07) is 0. The van der Waals surface area contributed by atoms with Gasteiger partial charge in [-0.3, -0.25) is 9.59 Å². The summed E-state index contributed by atoms with van der Waals surface area (Å²) in [6.07, 6.45) is 4.55. The summed E-state index contributed by atoms with van der Waals surface area (Å²) in [5.41, 5.74) is -0.595. The third-order valence-corrected chi connectivity index (χ3v) is 3.97. The summed E-state index contributed by atoms with van der Waals surface area (Å²) in [6.45, 7) is 3.77. The van der Waals surface area contributed by atoms with E-state index in [1.54, 1.807) is 0 Å². The van der Waals surface area contributed by atoms with Crippen molar-refractivity contribution in [3.63, 3.8) is 0 Å². The molecule has 0 amide bonds. The summed E-state index contributed by atoms with van der Waals surface area (Å²) in [5, 5.41) is 0. The Hall–Kier alpha value is -1.16. The summed E-state index contributed by atoms with van der Waals surface area (Å²) in [5.74, 6) is -0.332. The Labute approximate surface area is 101 Å². The first-order valence-electron chi connectivity index (χ1n) is 5.98. The van der Waals surface area contributed by atoms with Gasteiger partial charge in [0.05, 0.1) is 18.8 Å². The maximum absolute atomic E-state index is 12.1. The average Bonchev–Trinajstić information content (AvgIpc) is 2.75. The van der Waals surface area contributed by atoms with Gasteiger partial charge in [-0.1, -0.05) is 26.0 Å². The molecule has 0 aromatic carbocycles. The molecular weight excluding hydrogens is 220 g/mol. The molecule has 2 rings (SSSR count). The number of carbonyl (C=O) groups excluding carboxylic acids is 2. The van der Waals surface area contributed by atoms with Gasteiger partial charge in [-0.25, -0.2) is 0 Å². The molecule has 4 atom stereocenters. The molecule has 2 bridgehead atoms. The van der Waals surface area contributed by atoms with Crippen LogP contribution >= 0.6 is 0 Å². The van der Waals surface area contributed by atoms with Crippen molar-refractivity contribution < 1.29 is 19.1 Å². The van der Waals surface area contributed by atoms with Crippen molar-refractivity contribution in [1.82, 2.24) is 0 Å². The first kappa shape index (κ1) is 12.3. The molecule has 0 saturated carbocycles. The van der Waals surface area contributed by atoms with E-state index in [-0.39, 0.29) is 36.1 Å². The number of ether oxygens (including phenoxy) is 2. The van der Waals surface area contributed by atoms with Crippen LogP contribution in [-0.2, 0) is 19.1 Å². The van der Waals surface area contributed by atoms with E-state index in [2.05, 4.69) is 4.74 Å². The molecule has 0 unspecified atom stereocenters. The second-order valence-electron chi connectivity index (χ2n) is 4.89. The largest absolute Gasteiger partial charge is 0.469 e. The molecule has 0 N–H and O–H groups in total. The van der Waals surface area contributed by atoms with Gasteiger partial charge in [0.15, 0.2) is 0 Å². The van der Waals surface area contributed by atoms with E-state index in [0.29, 0.717) is 6.42 Å². The third-order valence-electron chi connectivity index (χ3n) is 3.97.